The minimum Gasteiger partial charge on any atom is -0.335 e. The van der Waals surface area contributed by atoms with E-state index in [9.17, 15) is 9.59 Å². The fourth-order valence-corrected chi connectivity index (χ4v) is 2.87. The van der Waals surface area contributed by atoms with Crippen LogP contribution in [0.5, 0.6) is 0 Å². The molecule has 1 amide bonds. The highest BCUT2D eigenvalue weighted by molar-refractivity contribution is 5.95. The van der Waals surface area contributed by atoms with Gasteiger partial charge >= 0.3 is 0 Å². The molecule has 110 valence electrons. The van der Waals surface area contributed by atoms with Crippen LogP contribution in [0.4, 0.5) is 0 Å². The van der Waals surface area contributed by atoms with Crippen molar-refractivity contribution < 1.29 is 4.79 Å². The second-order valence-electron chi connectivity index (χ2n) is 5.87. The Morgan fingerprint density at radius 3 is 2.60 bits per heavy atom. The van der Waals surface area contributed by atoms with Gasteiger partial charge in [-0.1, -0.05) is 6.92 Å². The number of rotatable bonds is 1. The second kappa shape index (κ2) is 5.38. The number of carbonyl (C=O) groups is 1. The quantitative estimate of drug-likeness (QED) is 0.784. The average molecular weight is 277 g/mol. The summed E-state index contributed by atoms with van der Waals surface area (Å²) >= 11 is 0. The maximum atomic E-state index is 12.8. The van der Waals surface area contributed by atoms with Crippen LogP contribution in [-0.4, -0.2) is 33.2 Å². The van der Waals surface area contributed by atoms with Gasteiger partial charge in [-0.05, 0) is 45.1 Å². The molecular formula is C15H23N3O2. The molecule has 1 aliphatic heterocycles. The second-order valence-corrected chi connectivity index (χ2v) is 5.87. The van der Waals surface area contributed by atoms with Crippen molar-refractivity contribution >= 4 is 5.91 Å². The molecule has 1 fully saturated rings. The van der Waals surface area contributed by atoms with E-state index in [1.165, 1.54) is 4.68 Å². The molecule has 1 aromatic rings. The summed E-state index contributed by atoms with van der Waals surface area (Å²) in [6.07, 6.45) is 2.14. The molecule has 0 aromatic carbocycles. The van der Waals surface area contributed by atoms with Crippen molar-refractivity contribution in [2.24, 2.45) is 13.0 Å². The van der Waals surface area contributed by atoms with E-state index in [2.05, 4.69) is 18.9 Å². The summed E-state index contributed by atoms with van der Waals surface area (Å²) in [4.78, 5) is 26.9. The lowest BCUT2D eigenvalue weighted by atomic mass is 9.91. The van der Waals surface area contributed by atoms with Crippen molar-refractivity contribution in [1.82, 2.24) is 14.7 Å². The minimum absolute atomic E-state index is 0.146. The van der Waals surface area contributed by atoms with Crippen LogP contribution in [-0.2, 0) is 7.05 Å². The SMILES string of the molecule is Cc1nn(C)c(=O)c(C(=O)N2CCC[C@H](C)[C@@H]2C)c1C. The van der Waals surface area contributed by atoms with Crippen LogP contribution in [0, 0.1) is 19.8 Å². The molecule has 2 atom stereocenters. The van der Waals surface area contributed by atoms with E-state index in [0.717, 1.165) is 25.1 Å². The fraction of sp³-hybridized carbons (Fsp3) is 0.667. The maximum absolute atomic E-state index is 12.8. The van der Waals surface area contributed by atoms with Gasteiger partial charge in [-0.25, -0.2) is 4.68 Å². The van der Waals surface area contributed by atoms with Gasteiger partial charge in [0.2, 0.25) is 0 Å². The van der Waals surface area contributed by atoms with Gasteiger partial charge in [-0.3, -0.25) is 9.59 Å². The van der Waals surface area contributed by atoms with Gasteiger partial charge in [0, 0.05) is 19.6 Å². The third-order valence-electron chi connectivity index (χ3n) is 4.57. The topological polar surface area (TPSA) is 55.2 Å². The van der Waals surface area contributed by atoms with Crippen molar-refractivity contribution in [1.29, 1.82) is 0 Å². The monoisotopic (exact) mass is 277 g/mol. The number of aryl methyl sites for hydroxylation is 2. The first-order chi connectivity index (χ1) is 9.34. The molecule has 20 heavy (non-hydrogen) atoms. The van der Waals surface area contributed by atoms with E-state index >= 15 is 0 Å². The molecule has 5 nitrogen and oxygen atoms in total. The van der Waals surface area contributed by atoms with E-state index in [0.29, 0.717) is 11.5 Å². The number of aromatic nitrogens is 2. The number of amides is 1. The van der Waals surface area contributed by atoms with E-state index in [1.54, 1.807) is 14.0 Å². The molecule has 2 rings (SSSR count). The van der Waals surface area contributed by atoms with Crippen molar-refractivity contribution in [2.45, 2.75) is 46.6 Å². The first kappa shape index (κ1) is 14.8. The zero-order chi connectivity index (χ0) is 15.0. The Kier molecular flexibility index (Phi) is 3.97. The summed E-state index contributed by atoms with van der Waals surface area (Å²) in [5.41, 5.74) is 1.40. The normalized spacial score (nSPS) is 22.9. The Bertz CT molecular complexity index is 592. The molecule has 0 unspecified atom stereocenters. The maximum Gasteiger partial charge on any atom is 0.279 e. The highest BCUT2D eigenvalue weighted by atomic mass is 16.2. The van der Waals surface area contributed by atoms with Gasteiger partial charge in [0.15, 0.2) is 0 Å². The largest absolute Gasteiger partial charge is 0.335 e. The van der Waals surface area contributed by atoms with Crippen LogP contribution in [0.25, 0.3) is 0 Å². The Morgan fingerprint density at radius 1 is 1.30 bits per heavy atom. The van der Waals surface area contributed by atoms with Gasteiger partial charge in [-0.2, -0.15) is 5.10 Å². The van der Waals surface area contributed by atoms with Crippen LogP contribution in [0.2, 0.25) is 0 Å². The Balaban J connectivity index is 2.46. The number of piperidine rings is 1. The zero-order valence-corrected chi connectivity index (χ0v) is 12.9. The predicted molar refractivity (Wildman–Crippen MR) is 77.8 cm³/mol. The first-order valence-electron chi connectivity index (χ1n) is 7.20. The lowest BCUT2D eigenvalue weighted by Crippen LogP contribution is -2.48. The molecule has 0 aliphatic carbocycles. The van der Waals surface area contributed by atoms with Gasteiger partial charge in [-0.15, -0.1) is 0 Å². The third kappa shape index (κ3) is 2.37. The number of likely N-dealkylation sites (tertiary alicyclic amines) is 1. The van der Waals surface area contributed by atoms with Crippen LogP contribution >= 0.6 is 0 Å². The average Bonchev–Trinajstić information content (AvgIpc) is 2.40. The van der Waals surface area contributed by atoms with Gasteiger partial charge in [0.05, 0.1) is 5.69 Å². The van der Waals surface area contributed by atoms with E-state index < -0.39 is 0 Å². The van der Waals surface area contributed by atoms with E-state index in [1.807, 2.05) is 11.8 Å². The Morgan fingerprint density at radius 2 is 1.95 bits per heavy atom. The van der Waals surface area contributed by atoms with Crippen molar-refractivity contribution in [2.75, 3.05) is 6.54 Å². The molecule has 1 aliphatic rings. The Hall–Kier alpha value is -1.65. The molecule has 0 spiro atoms. The van der Waals surface area contributed by atoms with E-state index in [4.69, 9.17) is 0 Å². The van der Waals surface area contributed by atoms with Crippen LogP contribution in [0.1, 0.15) is 48.3 Å². The summed E-state index contributed by atoms with van der Waals surface area (Å²) in [6, 6.07) is 0.175. The summed E-state index contributed by atoms with van der Waals surface area (Å²) in [6.45, 7) is 8.58. The highest BCUT2D eigenvalue weighted by Gasteiger charge is 2.31. The number of hydrogen-bond donors (Lipinski definition) is 0. The standard InChI is InChI=1S/C15H23N3O2/c1-9-7-6-8-18(12(9)4)15(20)13-10(2)11(3)16-17(5)14(13)19/h9,12H,6-8H2,1-5H3/t9-,12-/m0/s1. The minimum atomic E-state index is -0.302. The predicted octanol–water partition coefficient (Wildman–Crippen LogP) is 1.66. The number of carbonyl (C=O) groups excluding carboxylic acids is 1. The van der Waals surface area contributed by atoms with Crippen LogP contribution < -0.4 is 5.56 Å². The van der Waals surface area contributed by atoms with Crippen molar-refractivity contribution in [3.8, 4) is 0 Å². The lowest BCUT2D eigenvalue weighted by molar-refractivity contribution is 0.0547. The summed E-state index contributed by atoms with van der Waals surface area (Å²) in [7, 11) is 1.59. The van der Waals surface area contributed by atoms with Gasteiger partial charge in [0.25, 0.3) is 11.5 Å². The van der Waals surface area contributed by atoms with Crippen LogP contribution in [0.3, 0.4) is 0 Å². The zero-order valence-electron chi connectivity index (χ0n) is 12.9. The van der Waals surface area contributed by atoms with Gasteiger partial charge in [0.1, 0.15) is 5.56 Å². The molecular weight excluding hydrogens is 254 g/mol. The van der Waals surface area contributed by atoms with Gasteiger partial charge < -0.3 is 4.90 Å². The highest BCUT2D eigenvalue weighted by Crippen LogP contribution is 2.24. The number of nitrogens with zero attached hydrogens (tertiary/aromatic N) is 3. The number of hydrogen-bond acceptors (Lipinski definition) is 3. The summed E-state index contributed by atoms with van der Waals surface area (Å²) in [5.74, 6) is 0.326. The molecule has 1 saturated heterocycles. The van der Waals surface area contributed by atoms with Crippen LogP contribution in [0.15, 0.2) is 4.79 Å². The molecule has 0 bridgehead atoms. The first-order valence-corrected chi connectivity index (χ1v) is 7.20. The lowest BCUT2D eigenvalue weighted by Gasteiger charge is -2.38. The Labute approximate surface area is 119 Å². The molecule has 2 heterocycles. The molecule has 0 saturated carbocycles. The van der Waals surface area contributed by atoms with Crippen molar-refractivity contribution in [3.63, 3.8) is 0 Å². The fourth-order valence-electron chi connectivity index (χ4n) is 2.87. The molecule has 5 heteroatoms. The summed E-state index contributed by atoms with van der Waals surface area (Å²) in [5, 5.41) is 4.13. The third-order valence-corrected chi connectivity index (χ3v) is 4.57. The summed E-state index contributed by atoms with van der Waals surface area (Å²) < 4.78 is 1.26. The smallest absolute Gasteiger partial charge is 0.279 e. The molecule has 1 aromatic heterocycles. The molecule has 0 N–H and O–H groups in total. The molecule has 0 radical (unpaired) electrons. The van der Waals surface area contributed by atoms with Crippen molar-refractivity contribution in [3.05, 3.63) is 27.2 Å². The van der Waals surface area contributed by atoms with E-state index in [-0.39, 0.29) is 23.1 Å².